The van der Waals surface area contributed by atoms with Crippen molar-refractivity contribution in [3.63, 3.8) is 0 Å². The fourth-order valence-corrected chi connectivity index (χ4v) is 4.34. The maximum atomic E-state index is 12.7. The van der Waals surface area contributed by atoms with Crippen LogP contribution in [0.25, 0.3) is 21.9 Å². The molecule has 29 heavy (non-hydrogen) atoms. The molecule has 1 aromatic carbocycles. The lowest BCUT2D eigenvalue weighted by Gasteiger charge is -2.47. The van der Waals surface area contributed by atoms with E-state index in [1.54, 1.807) is 4.68 Å². The Balaban J connectivity index is 1.25. The van der Waals surface area contributed by atoms with Crippen LogP contribution in [0.3, 0.4) is 0 Å². The number of benzene rings is 1. The molecule has 0 amide bonds. The molecule has 0 aliphatic carbocycles. The normalized spacial score (nSPS) is 19.1. The van der Waals surface area contributed by atoms with Gasteiger partial charge in [-0.2, -0.15) is 5.10 Å². The van der Waals surface area contributed by atoms with E-state index in [1.165, 1.54) is 0 Å². The summed E-state index contributed by atoms with van der Waals surface area (Å²) in [7, 11) is 1.92. The highest BCUT2D eigenvalue weighted by atomic mass is 16.5. The molecule has 0 radical (unpaired) electrons. The third-order valence-corrected chi connectivity index (χ3v) is 6.09. The summed E-state index contributed by atoms with van der Waals surface area (Å²) in [6, 6.07) is 8.36. The second-order valence-electron chi connectivity index (χ2n) is 8.98. The number of nitrogens with zero attached hydrogens (tertiary/aromatic N) is 4. The van der Waals surface area contributed by atoms with Crippen LogP contribution in [0.4, 0.5) is 0 Å². The van der Waals surface area contributed by atoms with Gasteiger partial charge in [0.25, 0.3) is 0 Å². The highest BCUT2D eigenvalue weighted by Gasteiger charge is 2.40. The molecule has 6 nitrogen and oxygen atoms in total. The van der Waals surface area contributed by atoms with Crippen LogP contribution in [0.2, 0.25) is 0 Å². The number of rotatable bonds is 6. The first-order valence-corrected chi connectivity index (χ1v) is 10.2. The van der Waals surface area contributed by atoms with Gasteiger partial charge in [-0.3, -0.25) is 14.5 Å². The van der Waals surface area contributed by atoms with Gasteiger partial charge in [0.1, 0.15) is 5.78 Å². The molecule has 2 aromatic heterocycles. The van der Waals surface area contributed by atoms with E-state index in [4.69, 9.17) is 4.74 Å². The minimum atomic E-state index is 0.138. The number of ether oxygens (including phenoxy) is 1. The molecule has 2 aliphatic heterocycles. The van der Waals surface area contributed by atoms with E-state index < -0.39 is 0 Å². The second-order valence-corrected chi connectivity index (χ2v) is 8.98. The summed E-state index contributed by atoms with van der Waals surface area (Å²) in [5, 5.41) is 6.44. The Kier molecular flexibility index (Phi) is 4.48. The van der Waals surface area contributed by atoms with Gasteiger partial charge in [-0.15, -0.1) is 0 Å². The fraction of sp³-hybridized carbons (Fsp3) is 0.435. The van der Waals surface area contributed by atoms with Crippen molar-refractivity contribution in [1.29, 1.82) is 0 Å². The lowest BCUT2D eigenvalue weighted by molar-refractivity contribution is -0.139. The number of Topliss-reactive ketones (excluding diaryl/α,β-unsaturated/α-hetero) is 1. The van der Waals surface area contributed by atoms with Gasteiger partial charge in [0.2, 0.25) is 0 Å². The van der Waals surface area contributed by atoms with Gasteiger partial charge in [-0.25, -0.2) is 0 Å². The van der Waals surface area contributed by atoms with Crippen LogP contribution in [-0.2, 0) is 23.0 Å². The van der Waals surface area contributed by atoms with Crippen LogP contribution in [-0.4, -0.2) is 58.3 Å². The first kappa shape index (κ1) is 18.5. The van der Waals surface area contributed by atoms with Gasteiger partial charge in [0.05, 0.1) is 19.4 Å². The third kappa shape index (κ3) is 3.70. The number of ketones is 1. The van der Waals surface area contributed by atoms with Gasteiger partial charge in [0.15, 0.2) is 0 Å². The maximum absolute atomic E-state index is 12.7. The number of carbonyl (C=O) groups excluding carboxylic acids is 1. The summed E-state index contributed by atoms with van der Waals surface area (Å²) in [5.74, 6) is 0.436. The molecule has 6 heteroatoms. The van der Waals surface area contributed by atoms with Crippen molar-refractivity contribution in [2.45, 2.75) is 13.3 Å². The van der Waals surface area contributed by atoms with Gasteiger partial charge in [-0.1, -0.05) is 19.1 Å². The average molecular weight is 390 g/mol. The number of aromatic nitrogens is 3. The quantitative estimate of drug-likeness (QED) is 0.648. The third-order valence-electron chi connectivity index (χ3n) is 6.09. The summed E-state index contributed by atoms with van der Waals surface area (Å²) >= 11 is 0. The molecule has 0 unspecified atom stereocenters. The van der Waals surface area contributed by atoms with Crippen LogP contribution >= 0.6 is 0 Å². The Morgan fingerprint density at radius 3 is 2.69 bits per heavy atom. The molecule has 5 rings (SSSR count). The van der Waals surface area contributed by atoms with Crippen molar-refractivity contribution < 1.29 is 9.53 Å². The van der Waals surface area contributed by atoms with Gasteiger partial charge in [-0.05, 0) is 23.1 Å². The van der Waals surface area contributed by atoms with Crippen molar-refractivity contribution in [3.05, 3.63) is 48.5 Å². The molecule has 0 saturated carbocycles. The van der Waals surface area contributed by atoms with Crippen LogP contribution in [0.15, 0.2) is 42.9 Å². The Labute approximate surface area is 170 Å². The van der Waals surface area contributed by atoms with Gasteiger partial charge >= 0.3 is 0 Å². The molecular weight excluding hydrogens is 364 g/mol. The fourth-order valence-electron chi connectivity index (χ4n) is 4.34. The minimum Gasteiger partial charge on any atom is -0.380 e. The zero-order valence-corrected chi connectivity index (χ0v) is 17.0. The molecule has 2 saturated heterocycles. The molecule has 150 valence electrons. The van der Waals surface area contributed by atoms with Crippen molar-refractivity contribution >= 4 is 16.6 Å². The Hall–Kier alpha value is -2.57. The van der Waals surface area contributed by atoms with E-state index in [1.807, 2.05) is 25.6 Å². The smallest absolute Gasteiger partial charge is 0.144 e. The van der Waals surface area contributed by atoms with Crippen molar-refractivity contribution in [1.82, 2.24) is 19.7 Å². The predicted molar refractivity (Wildman–Crippen MR) is 112 cm³/mol. The molecule has 3 aromatic rings. The average Bonchev–Trinajstić information content (AvgIpc) is 3.08. The van der Waals surface area contributed by atoms with E-state index in [9.17, 15) is 4.79 Å². The van der Waals surface area contributed by atoms with Crippen LogP contribution in [0.1, 0.15) is 12.6 Å². The molecule has 0 spiro atoms. The number of likely N-dealkylation sites (tertiary alicyclic amines) is 1. The monoisotopic (exact) mass is 390 g/mol. The Morgan fingerprint density at radius 1 is 1.17 bits per heavy atom. The summed E-state index contributed by atoms with van der Waals surface area (Å²) in [5.41, 5.74) is 3.34. The zero-order valence-electron chi connectivity index (χ0n) is 17.0. The van der Waals surface area contributed by atoms with Gasteiger partial charge < -0.3 is 9.64 Å². The van der Waals surface area contributed by atoms with E-state index in [0.29, 0.717) is 12.2 Å². The summed E-state index contributed by atoms with van der Waals surface area (Å²) in [6.45, 7) is 6.70. The van der Waals surface area contributed by atoms with Gasteiger partial charge in [0, 0.05) is 73.5 Å². The lowest BCUT2D eigenvalue weighted by Crippen LogP contribution is -2.57. The number of aryl methyl sites for hydroxylation is 1. The van der Waals surface area contributed by atoms with Crippen molar-refractivity contribution in [3.8, 4) is 11.1 Å². The molecule has 0 bridgehead atoms. The molecule has 0 atom stereocenters. The number of hydrogen-bond donors (Lipinski definition) is 0. The highest BCUT2D eigenvalue weighted by molar-refractivity contribution is 5.89. The highest BCUT2D eigenvalue weighted by Crippen LogP contribution is 2.31. The zero-order chi connectivity index (χ0) is 20.0. The van der Waals surface area contributed by atoms with E-state index in [0.717, 1.165) is 60.4 Å². The van der Waals surface area contributed by atoms with Crippen LogP contribution in [0.5, 0.6) is 0 Å². The molecule has 2 fully saturated rings. The SMILES string of the molecule is Cn1cc(-c2ccc3cnc(CC(=O)C4CN(CC5(C)COC5)C4)cc3c2)cn1. The van der Waals surface area contributed by atoms with Crippen LogP contribution in [0, 0.1) is 11.3 Å². The maximum Gasteiger partial charge on any atom is 0.144 e. The summed E-state index contributed by atoms with van der Waals surface area (Å²) in [4.78, 5) is 19.6. The summed E-state index contributed by atoms with van der Waals surface area (Å²) < 4.78 is 7.13. The second kappa shape index (κ2) is 7.04. The number of carbonyl (C=O) groups is 1. The van der Waals surface area contributed by atoms with E-state index in [2.05, 4.69) is 46.2 Å². The largest absolute Gasteiger partial charge is 0.380 e. The number of fused-ring (bicyclic) bond motifs is 1. The van der Waals surface area contributed by atoms with E-state index >= 15 is 0 Å². The number of pyridine rings is 1. The lowest BCUT2D eigenvalue weighted by atomic mass is 9.84. The predicted octanol–water partition coefficient (Wildman–Crippen LogP) is 2.72. The van der Waals surface area contributed by atoms with Crippen molar-refractivity contribution in [2.75, 3.05) is 32.8 Å². The Morgan fingerprint density at radius 2 is 2.00 bits per heavy atom. The molecular formula is C23H26N4O2. The Bertz CT molecular complexity index is 1060. The summed E-state index contributed by atoms with van der Waals surface area (Å²) in [6.07, 6.45) is 6.15. The molecule has 4 heterocycles. The topological polar surface area (TPSA) is 60.2 Å². The first-order valence-electron chi connectivity index (χ1n) is 10.2. The number of hydrogen-bond acceptors (Lipinski definition) is 5. The van der Waals surface area contributed by atoms with Crippen molar-refractivity contribution in [2.24, 2.45) is 18.4 Å². The van der Waals surface area contributed by atoms with E-state index in [-0.39, 0.29) is 11.3 Å². The first-order chi connectivity index (χ1) is 14.0. The van der Waals surface area contributed by atoms with Crippen LogP contribution < -0.4 is 0 Å². The standard InChI is InChI=1S/C23H26N4O2/c1-23(14-29-15-23)13-27-11-20(12-27)22(28)7-21-6-18-5-16(3-4-17(18)8-24-21)19-9-25-26(2)10-19/h3-6,8-10,20H,7,11-15H2,1-2H3. The molecule has 0 N–H and O–H groups in total. The molecule has 2 aliphatic rings. The minimum absolute atomic E-state index is 0.138.